The second kappa shape index (κ2) is 8.35. The van der Waals surface area contributed by atoms with Gasteiger partial charge in [0.15, 0.2) is 0 Å². The van der Waals surface area contributed by atoms with E-state index in [1.807, 2.05) is 6.92 Å². The molecular weight excluding hydrogens is 254 g/mol. The van der Waals surface area contributed by atoms with Crippen LogP contribution in [0.3, 0.4) is 0 Å². The van der Waals surface area contributed by atoms with Crippen molar-refractivity contribution in [2.75, 3.05) is 0 Å². The quantitative estimate of drug-likeness (QED) is 0.742. The summed E-state index contributed by atoms with van der Waals surface area (Å²) < 4.78 is 4.87. The van der Waals surface area contributed by atoms with Crippen LogP contribution in [0.1, 0.15) is 55.5 Å². The lowest BCUT2D eigenvalue weighted by molar-refractivity contribution is -0.120. The lowest BCUT2D eigenvalue weighted by atomic mass is 10.1. The number of carbonyl (C=O) groups is 2. The van der Waals surface area contributed by atoms with E-state index in [4.69, 9.17) is 4.74 Å². The molecule has 1 amide bonds. The van der Waals surface area contributed by atoms with Gasteiger partial charge in [0.05, 0.1) is 0 Å². The van der Waals surface area contributed by atoms with Crippen LogP contribution in [0.25, 0.3) is 0 Å². The van der Waals surface area contributed by atoms with Crippen LogP contribution in [-0.4, -0.2) is 18.4 Å². The molecule has 1 N–H and O–H groups in total. The molecule has 0 aromatic heterocycles. The molecule has 20 heavy (non-hydrogen) atoms. The molecular formula is C16H23NO3. The summed E-state index contributed by atoms with van der Waals surface area (Å²) in [5, 5.41) is 3.04. The number of benzene rings is 1. The first-order chi connectivity index (χ1) is 9.62. The van der Waals surface area contributed by atoms with E-state index >= 15 is 0 Å². The fourth-order valence-corrected chi connectivity index (χ4v) is 2.17. The minimum Gasteiger partial charge on any atom is -0.428 e. The minimum atomic E-state index is -0.118. The van der Waals surface area contributed by atoms with Gasteiger partial charge in [-0.25, -0.2) is 0 Å². The zero-order chi connectivity index (χ0) is 15.0. The van der Waals surface area contributed by atoms with E-state index in [2.05, 4.69) is 19.2 Å². The Morgan fingerprint density at radius 1 is 1.30 bits per heavy atom. The summed E-state index contributed by atoms with van der Waals surface area (Å²) >= 11 is 0. The summed E-state index contributed by atoms with van der Waals surface area (Å²) in [6.45, 7) is 6.42. The molecule has 0 radical (unpaired) electrons. The second-order valence-electron chi connectivity index (χ2n) is 4.94. The Morgan fingerprint density at radius 3 is 2.50 bits per heavy atom. The molecule has 0 atom stereocenters. The van der Waals surface area contributed by atoms with Crippen molar-refractivity contribution in [1.29, 1.82) is 0 Å². The Balaban J connectivity index is 2.80. The molecule has 0 saturated carbocycles. The number of amides is 1. The van der Waals surface area contributed by atoms with E-state index in [1.54, 1.807) is 18.2 Å². The van der Waals surface area contributed by atoms with E-state index in [0.717, 1.165) is 31.2 Å². The number of hydrogen-bond donors (Lipinski definition) is 1. The van der Waals surface area contributed by atoms with Gasteiger partial charge in [-0.05, 0) is 37.5 Å². The maximum atomic E-state index is 12.2. The molecule has 4 heteroatoms. The maximum Gasteiger partial charge on any atom is 0.298 e. The van der Waals surface area contributed by atoms with Crippen LogP contribution in [-0.2, 0) is 4.79 Å². The highest BCUT2D eigenvalue weighted by Gasteiger charge is 2.13. The van der Waals surface area contributed by atoms with Crippen molar-refractivity contribution in [2.45, 2.75) is 52.5 Å². The van der Waals surface area contributed by atoms with Gasteiger partial charge in [-0.1, -0.05) is 32.8 Å². The summed E-state index contributed by atoms with van der Waals surface area (Å²) in [6, 6.07) is 5.34. The van der Waals surface area contributed by atoms with Crippen molar-refractivity contribution in [1.82, 2.24) is 5.32 Å². The molecule has 0 fully saturated rings. The Kier molecular flexibility index (Phi) is 6.77. The molecule has 1 rings (SSSR count). The molecule has 1 aromatic carbocycles. The Labute approximate surface area is 120 Å². The SMILES string of the molecule is CCCC(CCC)NC(=O)c1ccc(C)c(OC=O)c1. The van der Waals surface area contributed by atoms with E-state index in [9.17, 15) is 9.59 Å². The van der Waals surface area contributed by atoms with Gasteiger partial charge in [0.2, 0.25) is 0 Å². The smallest absolute Gasteiger partial charge is 0.298 e. The molecule has 0 bridgehead atoms. The zero-order valence-electron chi connectivity index (χ0n) is 12.4. The van der Waals surface area contributed by atoms with Crippen LogP contribution >= 0.6 is 0 Å². The Morgan fingerprint density at radius 2 is 1.95 bits per heavy atom. The van der Waals surface area contributed by atoms with E-state index < -0.39 is 0 Å². The van der Waals surface area contributed by atoms with Crippen molar-refractivity contribution in [3.8, 4) is 5.75 Å². The van der Waals surface area contributed by atoms with Crippen LogP contribution in [0.5, 0.6) is 5.75 Å². The Hall–Kier alpha value is -1.84. The Bertz CT molecular complexity index is 451. The summed E-state index contributed by atoms with van der Waals surface area (Å²) in [6.07, 6.45) is 4.03. The number of hydrogen-bond acceptors (Lipinski definition) is 3. The lowest BCUT2D eigenvalue weighted by Crippen LogP contribution is -2.34. The van der Waals surface area contributed by atoms with Crippen LogP contribution in [0, 0.1) is 6.92 Å². The van der Waals surface area contributed by atoms with Crippen molar-refractivity contribution >= 4 is 12.4 Å². The highest BCUT2D eigenvalue weighted by molar-refractivity contribution is 5.95. The van der Waals surface area contributed by atoms with Gasteiger partial charge in [-0.2, -0.15) is 0 Å². The predicted molar refractivity (Wildman–Crippen MR) is 78.9 cm³/mol. The standard InChI is InChI=1S/C16H23NO3/c1-4-6-14(7-5-2)17-16(19)13-9-8-12(3)15(10-13)20-11-18/h8-11,14H,4-7H2,1-3H3,(H,17,19). The van der Waals surface area contributed by atoms with Gasteiger partial charge >= 0.3 is 0 Å². The zero-order valence-corrected chi connectivity index (χ0v) is 12.4. The number of nitrogens with one attached hydrogen (secondary N) is 1. The lowest BCUT2D eigenvalue weighted by Gasteiger charge is -2.17. The fraction of sp³-hybridized carbons (Fsp3) is 0.500. The molecule has 4 nitrogen and oxygen atoms in total. The van der Waals surface area contributed by atoms with Crippen molar-refractivity contribution in [2.24, 2.45) is 0 Å². The third kappa shape index (κ3) is 4.68. The second-order valence-corrected chi connectivity index (χ2v) is 4.94. The minimum absolute atomic E-state index is 0.118. The third-order valence-electron chi connectivity index (χ3n) is 3.23. The van der Waals surface area contributed by atoms with E-state index in [1.165, 1.54) is 0 Å². The maximum absolute atomic E-state index is 12.2. The monoisotopic (exact) mass is 277 g/mol. The normalized spacial score (nSPS) is 10.4. The van der Waals surface area contributed by atoms with Gasteiger partial charge in [0.1, 0.15) is 5.75 Å². The van der Waals surface area contributed by atoms with E-state index in [-0.39, 0.29) is 11.9 Å². The van der Waals surface area contributed by atoms with Crippen LogP contribution in [0.4, 0.5) is 0 Å². The molecule has 0 unspecified atom stereocenters. The summed E-state index contributed by atoms with van der Waals surface area (Å²) in [5.41, 5.74) is 1.34. The average Bonchev–Trinajstić information content (AvgIpc) is 2.42. The highest BCUT2D eigenvalue weighted by Crippen LogP contribution is 2.19. The third-order valence-corrected chi connectivity index (χ3v) is 3.23. The number of aryl methyl sites for hydroxylation is 1. The average molecular weight is 277 g/mol. The first kappa shape index (κ1) is 16.2. The fourth-order valence-electron chi connectivity index (χ4n) is 2.17. The molecule has 0 aliphatic rings. The molecule has 0 spiro atoms. The van der Waals surface area contributed by atoms with Gasteiger partial charge in [0.25, 0.3) is 12.4 Å². The number of carbonyl (C=O) groups excluding carboxylic acids is 2. The van der Waals surface area contributed by atoms with Crippen LogP contribution in [0.2, 0.25) is 0 Å². The summed E-state index contributed by atoms with van der Waals surface area (Å²) in [7, 11) is 0. The molecule has 110 valence electrons. The van der Waals surface area contributed by atoms with E-state index in [0.29, 0.717) is 17.8 Å². The molecule has 0 heterocycles. The molecule has 1 aromatic rings. The van der Waals surface area contributed by atoms with Crippen molar-refractivity contribution in [3.63, 3.8) is 0 Å². The van der Waals surface area contributed by atoms with Gasteiger partial charge in [0, 0.05) is 11.6 Å². The van der Waals surface area contributed by atoms with Gasteiger partial charge in [-0.3, -0.25) is 9.59 Å². The van der Waals surface area contributed by atoms with Gasteiger partial charge in [-0.15, -0.1) is 0 Å². The van der Waals surface area contributed by atoms with Crippen molar-refractivity contribution < 1.29 is 14.3 Å². The first-order valence-corrected chi connectivity index (χ1v) is 7.14. The number of ether oxygens (including phenoxy) is 1. The molecule has 0 aliphatic carbocycles. The topological polar surface area (TPSA) is 55.4 Å². The van der Waals surface area contributed by atoms with Crippen LogP contribution < -0.4 is 10.1 Å². The number of rotatable bonds is 8. The summed E-state index contributed by atoms with van der Waals surface area (Å²) in [5.74, 6) is 0.308. The highest BCUT2D eigenvalue weighted by atomic mass is 16.5. The van der Waals surface area contributed by atoms with Crippen LogP contribution in [0.15, 0.2) is 18.2 Å². The largest absolute Gasteiger partial charge is 0.428 e. The molecule has 0 aliphatic heterocycles. The summed E-state index contributed by atoms with van der Waals surface area (Å²) in [4.78, 5) is 22.7. The van der Waals surface area contributed by atoms with Gasteiger partial charge < -0.3 is 10.1 Å². The predicted octanol–water partition coefficient (Wildman–Crippen LogP) is 3.23. The molecule has 0 saturated heterocycles. The van der Waals surface area contributed by atoms with Crippen molar-refractivity contribution in [3.05, 3.63) is 29.3 Å². The first-order valence-electron chi connectivity index (χ1n) is 7.14.